The molecular formula is C22H22ClF4N5O4S2. The summed E-state index contributed by atoms with van der Waals surface area (Å²) in [4.78, 5) is 18.9. The largest absolute Gasteiger partial charge is 0.483 e. The van der Waals surface area contributed by atoms with Crippen LogP contribution in [0.5, 0.6) is 0 Å². The quantitative estimate of drug-likeness (QED) is 0.286. The van der Waals surface area contributed by atoms with Gasteiger partial charge in [-0.2, -0.15) is 0 Å². The maximum atomic E-state index is 14.9. The van der Waals surface area contributed by atoms with Crippen molar-refractivity contribution in [3.63, 3.8) is 0 Å². The van der Waals surface area contributed by atoms with Gasteiger partial charge in [-0.25, -0.2) is 35.9 Å². The Morgan fingerprint density at radius 1 is 1.32 bits per heavy atom. The van der Waals surface area contributed by atoms with Crippen LogP contribution in [-0.4, -0.2) is 61.0 Å². The normalized spacial score (nSPS) is 15.7. The van der Waals surface area contributed by atoms with E-state index in [0.29, 0.717) is 19.5 Å². The van der Waals surface area contributed by atoms with E-state index in [1.165, 1.54) is 22.2 Å². The molecule has 206 valence electrons. The maximum absolute atomic E-state index is 14.9. The average Bonchev–Trinajstić information content (AvgIpc) is 3.53. The number of aromatic nitrogens is 2. The molecule has 0 unspecified atom stereocenters. The fourth-order valence-corrected chi connectivity index (χ4v) is 5.87. The smallest absolute Gasteiger partial charge is 0.290 e. The van der Waals surface area contributed by atoms with Crippen LogP contribution in [0.4, 0.5) is 29.1 Å². The Kier molecular flexibility index (Phi) is 9.87. The Labute approximate surface area is 224 Å². The number of hydrogen-bond acceptors (Lipinski definition) is 8. The second-order valence-electron chi connectivity index (χ2n) is 8.07. The molecule has 0 spiro atoms. The summed E-state index contributed by atoms with van der Waals surface area (Å²) in [5.74, 6) is -1.58. The van der Waals surface area contributed by atoms with Gasteiger partial charge in [0.25, 0.3) is 22.9 Å². The van der Waals surface area contributed by atoms with Crippen molar-refractivity contribution >= 4 is 50.9 Å². The molecule has 0 bridgehead atoms. The maximum Gasteiger partial charge on any atom is 0.290 e. The standard InChI is InChI=1S/C21H20ClF4N5O2S2.CH2O2/c1-30(12-4-5-31(8-12)9-17-14(23)2-3-16(28-17)21(25)26)18-7-15(24)19(6-13(18)22)35(32,33)29-20-10-34-11-27-20;2-1-3/h2-3,6-7,10-12,21,29H,4-5,8-9H2,1H3;1H,(H,2,3)/t12-;/m0./s1. The summed E-state index contributed by atoms with van der Waals surface area (Å²) in [6.07, 6.45) is -2.19. The van der Waals surface area contributed by atoms with Crippen molar-refractivity contribution in [1.82, 2.24) is 14.9 Å². The van der Waals surface area contributed by atoms with Crippen LogP contribution in [0.15, 0.2) is 40.1 Å². The molecule has 1 fully saturated rings. The highest BCUT2D eigenvalue weighted by Crippen LogP contribution is 2.34. The number of alkyl halides is 2. The van der Waals surface area contributed by atoms with E-state index in [4.69, 9.17) is 21.5 Å². The molecule has 1 aromatic carbocycles. The molecule has 3 heterocycles. The predicted molar refractivity (Wildman–Crippen MR) is 134 cm³/mol. The second kappa shape index (κ2) is 12.7. The minimum atomic E-state index is -4.24. The van der Waals surface area contributed by atoms with Crippen LogP contribution in [0.25, 0.3) is 0 Å². The monoisotopic (exact) mass is 595 g/mol. The van der Waals surface area contributed by atoms with Crippen LogP contribution in [0.1, 0.15) is 24.2 Å². The summed E-state index contributed by atoms with van der Waals surface area (Å²) in [5.41, 5.74) is 1.16. The van der Waals surface area contributed by atoms with Gasteiger partial charge in [-0.15, -0.1) is 11.3 Å². The van der Waals surface area contributed by atoms with E-state index in [1.807, 2.05) is 4.90 Å². The Hall–Kier alpha value is -3.01. The van der Waals surface area contributed by atoms with Gasteiger partial charge in [-0.1, -0.05) is 11.6 Å². The zero-order chi connectivity index (χ0) is 28.0. The van der Waals surface area contributed by atoms with E-state index < -0.39 is 38.7 Å². The van der Waals surface area contributed by atoms with Gasteiger partial charge in [0.1, 0.15) is 22.2 Å². The summed E-state index contributed by atoms with van der Waals surface area (Å²) < 4.78 is 82.2. The van der Waals surface area contributed by atoms with Crippen LogP contribution in [0.2, 0.25) is 5.02 Å². The van der Waals surface area contributed by atoms with Crippen LogP contribution < -0.4 is 9.62 Å². The van der Waals surface area contributed by atoms with Crippen LogP contribution >= 0.6 is 22.9 Å². The third-order valence-electron chi connectivity index (χ3n) is 5.67. The van der Waals surface area contributed by atoms with Gasteiger partial charge in [-0.05, 0) is 24.6 Å². The zero-order valence-electron chi connectivity index (χ0n) is 19.7. The molecule has 1 aliphatic heterocycles. The Balaban J connectivity index is 0.00000127. The Morgan fingerprint density at radius 3 is 2.66 bits per heavy atom. The number of likely N-dealkylation sites (tertiary alicyclic amines) is 1. The number of halogens is 5. The van der Waals surface area contributed by atoms with E-state index in [1.54, 1.807) is 11.9 Å². The molecule has 1 atom stereocenters. The number of rotatable bonds is 8. The number of pyridine rings is 1. The first-order valence-corrected chi connectivity index (χ1v) is 13.6. The van der Waals surface area contributed by atoms with Crippen molar-refractivity contribution in [1.29, 1.82) is 0 Å². The lowest BCUT2D eigenvalue weighted by Crippen LogP contribution is -2.35. The molecule has 3 aromatic rings. The highest BCUT2D eigenvalue weighted by molar-refractivity contribution is 7.92. The third-order valence-corrected chi connectivity index (χ3v) is 7.93. The third kappa shape index (κ3) is 7.09. The predicted octanol–water partition coefficient (Wildman–Crippen LogP) is 4.62. The Bertz CT molecular complexity index is 1370. The molecule has 0 radical (unpaired) electrons. The van der Waals surface area contributed by atoms with E-state index in [0.717, 1.165) is 24.3 Å². The summed E-state index contributed by atoms with van der Waals surface area (Å²) in [5, 5.41) is 8.39. The highest BCUT2D eigenvalue weighted by Gasteiger charge is 2.30. The number of benzene rings is 1. The topological polar surface area (TPSA) is 116 Å². The molecule has 2 N–H and O–H groups in total. The van der Waals surface area contributed by atoms with Crippen LogP contribution in [0.3, 0.4) is 0 Å². The molecule has 0 aliphatic carbocycles. The molecule has 4 rings (SSSR count). The molecule has 1 aliphatic rings. The van der Waals surface area contributed by atoms with Gasteiger partial charge in [-0.3, -0.25) is 14.4 Å². The molecule has 0 saturated carbocycles. The molecule has 9 nitrogen and oxygen atoms in total. The van der Waals surface area contributed by atoms with Gasteiger partial charge in [0.2, 0.25) is 0 Å². The Morgan fingerprint density at radius 2 is 2.03 bits per heavy atom. The van der Waals surface area contributed by atoms with Crippen molar-refractivity contribution in [3.05, 3.63) is 63.2 Å². The van der Waals surface area contributed by atoms with Crippen LogP contribution in [0, 0.1) is 11.6 Å². The first-order chi connectivity index (χ1) is 18.0. The van der Waals surface area contributed by atoms with Crippen molar-refractivity contribution in [2.45, 2.75) is 30.3 Å². The molecule has 1 saturated heterocycles. The van der Waals surface area contributed by atoms with Gasteiger partial charge in [0.15, 0.2) is 5.82 Å². The van der Waals surface area contributed by atoms with E-state index in [9.17, 15) is 26.0 Å². The minimum Gasteiger partial charge on any atom is -0.483 e. The number of anilines is 2. The fraction of sp³-hybridized carbons (Fsp3) is 0.318. The molecule has 38 heavy (non-hydrogen) atoms. The van der Waals surface area contributed by atoms with Crippen molar-refractivity contribution < 1.29 is 35.9 Å². The molecule has 16 heteroatoms. The number of thiazole rings is 1. The highest BCUT2D eigenvalue weighted by atomic mass is 35.5. The average molecular weight is 596 g/mol. The number of nitrogens with zero attached hydrogens (tertiary/aromatic N) is 4. The summed E-state index contributed by atoms with van der Waals surface area (Å²) in [6, 6.07) is 3.86. The summed E-state index contributed by atoms with van der Waals surface area (Å²) in [7, 11) is -2.56. The SMILES string of the molecule is CN(c1cc(F)c(S(=O)(=O)Nc2cscn2)cc1Cl)[C@H]1CCN(Cc2nc(C(F)F)ccc2F)C1.O=CO. The second-order valence-corrected chi connectivity index (χ2v) is 10.8. The lowest BCUT2D eigenvalue weighted by atomic mass is 10.2. The van der Waals surface area contributed by atoms with Crippen molar-refractivity contribution in [3.8, 4) is 0 Å². The lowest BCUT2D eigenvalue weighted by molar-refractivity contribution is -0.122. The van der Waals surface area contributed by atoms with Crippen molar-refractivity contribution in [2.24, 2.45) is 0 Å². The van der Waals surface area contributed by atoms with E-state index in [2.05, 4.69) is 14.7 Å². The van der Waals surface area contributed by atoms with Gasteiger partial charge >= 0.3 is 0 Å². The van der Waals surface area contributed by atoms with E-state index >= 15 is 0 Å². The minimum absolute atomic E-state index is 0.0309. The van der Waals surface area contributed by atoms with Gasteiger partial charge in [0, 0.05) is 44.2 Å². The van der Waals surface area contributed by atoms with Crippen LogP contribution in [-0.2, 0) is 21.4 Å². The summed E-state index contributed by atoms with van der Waals surface area (Å²) >= 11 is 7.52. The number of carboxylic acid groups (broad SMARTS) is 1. The van der Waals surface area contributed by atoms with Gasteiger partial charge < -0.3 is 10.0 Å². The fourth-order valence-electron chi connectivity index (χ4n) is 3.86. The summed E-state index contributed by atoms with van der Waals surface area (Å²) in [6.45, 7) is 0.733. The number of carbonyl (C=O) groups is 1. The lowest BCUT2D eigenvalue weighted by Gasteiger charge is -2.28. The first-order valence-electron chi connectivity index (χ1n) is 10.8. The first kappa shape index (κ1) is 29.5. The molecule has 0 amide bonds. The van der Waals surface area contributed by atoms with Crippen molar-refractivity contribution in [2.75, 3.05) is 29.8 Å². The number of hydrogen-bond donors (Lipinski definition) is 2. The van der Waals surface area contributed by atoms with E-state index in [-0.39, 0.29) is 41.3 Å². The number of nitrogens with one attached hydrogen (secondary N) is 1. The molecular weight excluding hydrogens is 574 g/mol. The molecule has 2 aromatic heterocycles. The van der Waals surface area contributed by atoms with Gasteiger partial charge in [0.05, 0.1) is 21.9 Å². The number of sulfonamides is 1. The zero-order valence-corrected chi connectivity index (χ0v) is 22.1. The number of likely N-dealkylation sites (N-methyl/N-ethyl adjacent to an activating group) is 1.